The Morgan fingerprint density at radius 1 is 1.33 bits per heavy atom. The molecule has 1 amide bonds. The fourth-order valence-corrected chi connectivity index (χ4v) is 0.795. The number of aliphatic hydroxyl groups excluding tert-OH is 2. The van der Waals surface area contributed by atoms with E-state index in [-0.39, 0.29) is 18.8 Å². The molecule has 0 spiro atoms. The molecular weight excluding hydrogens is 246 g/mol. The van der Waals surface area contributed by atoms with Crippen LogP contribution in [0.15, 0.2) is 12.2 Å². The van der Waals surface area contributed by atoms with Crippen molar-refractivity contribution in [2.75, 3.05) is 19.8 Å². The molecule has 8 nitrogen and oxygen atoms in total. The van der Waals surface area contributed by atoms with E-state index in [0.717, 1.165) is 0 Å². The number of ether oxygens (including phenoxy) is 3. The number of rotatable bonds is 8. The summed E-state index contributed by atoms with van der Waals surface area (Å²) < 4.78 is 14.1. The summed E-state index contributed by atoms with van der Waals surface area (Å²) in [6.45, 7) is 3.76. The van der Waals surface area contributed by atoms with E-state index in [0.29, 0.717) is 0 Å². The fourth-order valence-electron chi connectivity index (χ4n) is 0.795. The lowest BCUT2D eigenvalue weighted by Gasteiger charge is -2.17. The minimum atomic E-state index is -1.34. The van der Waals surface area contributed by atoms with Crippen molar-refractivity contribution >= 4 is 12.1 Å². The van der Waals surface area contributed by atoms with Crippen molar-refractivity contribution < 1.29 is 34.0 Å². The van der Waals surface area contributed by atoms with Gasteiger partial charge in [-0.2, -0.15) is 0 Å². The average molecular weight is 263 g/mol. The van der Waals surface area contributed by atoms with E-state index >= 15 is 0 Å². The Balaban J connectivity index is 4.19. The molecule has 0 rings (SSSR count). The number of carbonyl (C=O) groups is 2. The van der Waals surface area contributed by atoms with Crippen molar-refractivity contribution in [3.8, 4) is 0 Å². The molecule has 0 aliphatic rings. The zero-order chi connectivity index (χ0) is 14.1. The maximum atomic E-state index is 11.2. The number of esters is 1. The normalized spacial score (nSPS) is 13.5. The zero-order valence-electron chi connectivity index (χ0n) is 10.00. The number of hydrogen-bond donors (Lipinski definition) is 3. The highest BCUT2D eigenvalue weighted by molar-refractivity contribution is 5.87. The van der Waals surface area contributed by atoms with Crippen LogP contribution in [-0.4, -0.2) is 54.5 Å². The lowest BCUT2D eigenvalue weighted by molar-refractivity contribution is -0.173. The van der Waals surface area contributed by atoms with Crippen LogP contribution in [0.5, 0.6) is 0 Å². The second kappa shape index (κ2) is 8.45. The van der Waals surface area contributed by atoms with Gasteiger partial charge in [0.15, 0.2) is 0 Å². The summed E-state index contributed by atoms with van der Waals surface area (Å²) in [5.41, 5.74) is 4.90. The molecule has 0 aliphatic carbocycles. The van der Waals surface area contributed by atoms with Crippen LogP contribution in [0, 0.1) is 0 Å². The molecule has 0 radical (unpaired) electrons. The van der Waals surface area contributed by atoms with Gasteiger partial charge in [0.25, 0.3) is 6.29 Å². The monoisotopic (exact) mass is 263 g/mol. The lowest BCUT2D eigenvalue weighted by Crippen LogP contribution is -2.33. The van der Waals surface area contributed by atoms with Crippen LogP contribution in [0.2, 0.25) is 0 Å². The number of primary amides is 1. The van der Waals surface area contributed by atoms with Crippen molar-refractivity contribution in [1.82, 2.24) is 0 Å². The van der Waals surface area contributed by atoms with Crippen molar-refractivity contribution in [3.63, 3.8) is 0 Å². The molecular formula is C10H17NO7. The fraction of sp³-hybridized carbons (Fsp3) is 0.600. The van der Waals surface area contributed by atoms with Gasteiger partial charge in [0.05, 0.1) is 13.2 Å². The molecule has 104 valence electrons. The molecule has 0 aromatic carbocycles. The van der Waals surface area contributed by atoms with Crippen LogP contribution in [-0.2, 0) is 19.0 Å². The smallest absolute Gasteiger partial charge is 0.407 e. The van der Waals surface area contributed by atoms with E-state index in [1.165, 1.54) is 6.92 Å². The third-order valence-corrected chi connectivity index (χ3v) is 1.61. The standard InChI is InChI=1S/C10H17NO7/c1-6(2)9(14)17-8(18-10(11)15)5-16-4-7(13)3-12/h7-8,12-13H,1,3-5H2,2H3,(H2,11,15). The third-order valence-electron chi connectivity index (χ3n) is 1.61. The highest BCUT2D eigenvalue weighted by atomic mass is 16.7. The van der Waals surface area contributed by atoms with Gasteiger partial charge in [0, 0.05) is 5.57 Å². The number of carbonyl (C=O) groups excluding carboxylic acids is 2. The molecule has 0 saturated carbocycles. The van der Waals surface area contributed by atoms with E-state index in [1.807, 2.05) is 0 Å². The first-order chi connectivity index (χ1) is 8.36. The molecule has 0 saturated heterocycles. The van der Waals surface area contributed by atoms with Gasteiger partial charge >= 0.3 is 12.1 Å². The van der Waals surface area contributed by atoms with Gasteiger partial charge < -0.3 is 30.2 Å². The van der Waals surface area contributed by atoms with E-state index in [4.69, 9.17) is 25.4 Å². The van der Waals surface area contributed by atoms with Crippen molar-refractivity contribution in [2.24, 2.45) is 5.73 Å². The van der Waals surface area contributed by atoms with Crippen LogP contribution in [0.4, 0.5) is 4.79 Å². The van der Waals surface area contributed by atoms with Crippen LogP contribution < -0.4 is 5.73 Å². The minimum Gasteiger partial charge on any atom is -0.419 e. The molecule has 0 aromatic rings. The molecule has 0 fully saturated rings. The average Bonchev–Trinajstić information content (AvgIpc) is 2.27. The summed E-state index contributed by atoms with van der Waals surface area (Å²) in [7, 11) is 0. The lowest BCUT2D eigenvalue weighted by atomic mass is 10.4. The SMILES string of the molecule is C=C(C)C(=O)OC(COCC(O)CO)OC(N)=O. The van der Waals surface area contributed by atoms with Crippen molar-refractivity contribution in [3.05, 3.63) is 12.2 Å². The summed E-state index contributed by atoms with van der Waals surface area (Å²) in [4.78, 5) is 21.7. The number of aliphatic hydroxyl groups is 2. The third kappa shape index (κ3) is 7.60. The van der Waals surface area contributed by atoms with Gasteiger partial charge in [-0.25, -0.2) is 9.59 Å². The largest absolute Gasteiger partial charge is 0.419 e. The topological polar surface area (TPSA) is 128 Å². The van der Waals surface area contributed by atoms with Gasteiger partial charge in [-0.05, 0) is 6.92 Å². The Bertz CT molecular complexity index is 305. The van der Waals surface area contributed by atoms with Crippen LogP contribution in [0.1, 0.15) is 6.92 Å². The van der Waals surface area contributed by atoms with Gasteiger partial charge in [0.1, 0.15) is 12.7 Å². The second-order valence-corrected chi connectivity index (χ2v) is 3.43. The van der Waals surface area contributed by atoms with Gasteiger partial charge in [-0.1, -0.05) is 6.58 Å². The van der Waals surface area contributed by atoms with Gasteiger partial charge in [-0.3, -0.25) is 0 Å². The second-order valence-electron chi connectivity index (χ2n) is 3.43. The summed E-state index contributed by atoms with van der Waals surface area (Å²) in [6.07, 6.45) is -3.55. The predicted molar refractivity (Wildman–Crippen MR) is 59.3 cm³/mol. The molecule has 0 aromatic heterocycles. The maximum Gasteiger partial charge on any atom is 0.407 e. The number of amides is 1. The summed E-state index contributed by atoms with van der Waals surface area (Å²) in [6, 6.07) is 0. The van der Waals surface area contributed by atoms with E-state index in [1.54, 1.807) is 0 Å². The van der Waals surface area contributed by atoms with Gasteiger partial charge in [0.2, 0.25) is 0 Å². The summed E-state index contributed by atoms with van der Waals surface area (Å²) in [5, 5.41) is 17.5. The molecule has 8 heteroatoms. The Morgan fingerprint density at radius 3 is 2.39 bits per heavy atom. The Kier molecular flexibility index (Phi) is 7.68. The first-order valence-electron chi connectivity index (χ1n) is 5.06. The molecule has 0 aliphatic heterocycles. The number of hydrogen-bond acceptors (Lipinski definition) is 7. The molecule has 2 unspecified atom stereocenters. The van der Waals surface area contributed by atoms with Crippen LogP contribution in [0.3, 0.4) is 0 Å². The van der Waals surface area contributed by atoms with Crippen LogP contribution in [0.25, 0.3) is 0 Å². The molecule has 18 heavy (non-hydrogen) atoms. The maximum absolute atomic E-state index is 11.2. The predicted octanol–water partition coefficient (Wildman–Crippen LogP) is -1.10. The van der Waals surface area contributed by atoms with E-state index in [9.17, 15) is 9.59 Å². The quantitative estimate of drug-likeness (QED) is 0.288. The minimum absolute atomic E-state index is 0.114. The summed E-state index contributed by atoms with van der Waals surface area (Å²) >= 11 is 0. The Morgan fingerprint density at radius 2 is 1.94 bits per heavy atom. The molecule has 0 bridgehead atoms. The summed E-state index contributed by atoms with van der Waals surface area (Å²) in [5.74, 6) is -0.771. The molecule has 0 heterocycles. The van der Waals surface area contributed by atoms with Crippen LogP contribution >= 0.6 is 0 Å². The Hall–Kier alpha value is -1.64. The Labute approximate surface area is 104 Å². The van der Waals surface area contributed by atoms with E-state index in [2.05, 4.69) is 11.3 Å². The van der Waals surface area contributed by atoms with Gasteiger partial charge in [-0.15, -0.1) is 0 Å². The highest BCUT2D eigenvalue weighted by Crippen LogP contribution is 2.02. The zero-order valence-corrected chi connectivity index (χ0v) is 10.00. The number of nitrogens with two attached hydrogens (primary N) is 1. The first kappa shape index (κ1) is 16.4. The molecule has 2 atom stereocenters. The van der Waals surface area contributed by atoms with Crippen molar-refractivity contribution in [1.29, 1.82) is 0 Å². The molecule has 4 N–H and O–H groups in total. The highest BCUT2D eigenvalue weighted by Gasteiger charge is 2.19. The van der Waals surface area contributed by atoms with E-state index < -0.39 is 31.1 Å². The van der Waals surface area contributed by atoms with Crippen molar-refractivity contribution in [2.45, 2.75) is 19.3 Å². The first-order valence-corrected chi connectivity index (χ1v) is 5.06.